The van der Waals surface area contributed by atoms with Gasteiger partial charge in [0.1, 0.15) is 5.75 Å². The van der Waals surface area contributed by atoms with Gasteiger partial charge in [0.2, 0.25) is 0 Å². The monoisotopic (exact) mass is 499 g/mol. The van der Waals surface area contributed by atoms with Crippen molar-refractivity contribution in [3.05, 3.63) is 59.8 Å². The summed E-state index contributed by atoms with van der Waals surface area (Å²) in [5.41, 5.74) is 2.83. The van der Waals surface area contributed by atoms with Gasteiger partial charge in [-0.15, -0.1) is 24.8 Å². The summed E-state index contributed by atoms with van der Waals surface area (Å²) in [6.07, 6.45) is 1.61. The Kier molecular flexibility index (Phi) is 9.02. The van der Waals surface area contributed by atoms with E-state index in [0.717, 1.165) is 55.8 Å². The second kappa shape index (κ2) is 10.9. The molecule has 32 heavy (non-hydrogen) atoms. The normalized spacial score (nSPS) is 15.2. The number of piperazine rings is 1. The molecule has 2 heterocycles. The highest BCUT2D eigenvalue weighted by Gasteiger charge is 2.22. The first-order chi connectivity index (χ1) is 14.4. The predicted molar refractivity (Wildman–Crippen MR) is 134 cm³/mol. The molecule has 0 aliphatic carbocycles. The number of rotatable bonds is 6. The molecule has 2 aromatic carbocycles. The summed E-state index contributed by atoms with van der Waals surface area (Å²) < 4.78 is 33.4. The highest BCUT2D eigenvalue weighted by molar-refractivity contribution is 7.90. The number of ether oxygens (including phenoxy) is 1. The number of aryl methyl sites for hydroxylation is 1. The van der Waals surface area contributed by atoms with E-state index >= 15 is 0 Å². The van der Waals surface area contributed by atoms with Crippen molar-refractivity contribution >= 4 is 45.7 Å². The molecule has 1 aromatic heterocycles. The van der Waals surface area contributed by atoms with E-state index in [9.17, 15) is 8.42 Å². The van der Waals surface area contributed by atoms with Crippen molar-refractivity contribution in [2.45, 2.75) is 25.3 Å². The van der Waals surface area contributed by atoms with Crippen molar-refractivity contribution < 1.29 is 13.2 Å². The molecule has 0 saturated carbocycles. The third kappa shape index (κ3) is 5.24. The largest absolute Gasteiger partial charge is 0.497 e. The lowest BCUT2D eigenvalue weighted by Gasteiger charge is -2.34. The van der Waals surface area contributed by atoms with Crippen LogP contribution in [0.5, 0.6) is 5.75 Å². The molecule has 0 amide bonds. The molecule has 176 valence electrons. The minimum Gasteiger partial charge on any atom is -0.497 e. The van der Waals surface area contributed by atoms with Gasteiger partial charge in [-0.2, -0.15) is 0 Å². The molecule has 0 unspecified atom stereocenters. The van der Waals surface area contributed by atoms with Gasteiger partial charge in [0.05, 0.1) is 17.5 Å². The van der Waals surface area contributed by atoms with E-state index in [4.69, 9.17) is 4.74 Å². The Balaban J connectivity index is 0.00000181. The van der Waals surface area contributed by atoms with Crippen LogP contribution in [0.2, 0.25) is 0 Å². The van der Waals surface area contributed by atoms with Crippen LogP contribution in [0.15, 0.2) is 53.6 Å². The number of nitrogens with zero attached hydrogens (tertiary/aromatic N) is 3. The Hall–Kier alpha value is -1.77. The van der Waals surface area contributed by atoms with Gasteiger partial charge >= 0.3 is 0 Å². The molecule has 0 spiro atoms. The van der Waals surface area contributed by atoms with Crippen LogP contribution in [0.25, 0.3) is 10.9 Å². The van der Waals surface area contributed by atoms with Crippen molar-refractivity contribution in [1.82, 2.24) is 13.8 Å². The summed E-state index contributed by atoms with van der Waals surface area (Å²) in [4.78, 5) is 5.17. The highest BCUT2D eigenvalue weighted by atomic mass is 35.5. The van der Waals surface area contributed by atoms with Crippen LogP contribution in [0.3, 0.4) is 0 Å². The molecular weight excluding hydrogens is 469 g/mol. The van der Waals surface area contributed by atoms with Gasteiger partial charge in [-0.1, -0.05) is 13.0 Å². The standard InChI is InChI=1S/C23H29N3O3S.2ClH/c1-4-24-11-13-25(14-12-24)17-20-16-22(7-5-18(20)2)30(27,28)26-10-9-19-15-21(29-3)6-8-23(19)26;;/h5-10,15-16H,4,11-14,17H2,1-3H3;2*1H. The number of halogens is 2. The lowest BCUT2D eigenvalue weighted by Crippen LogP contribution is -2.45. The number of fused-ring (bicyclic) bond motifs is 1. The first-order valence-corrected chi connectivity index (χ1v) is 11.8. The van der Waals surface area contributed by atoms with Crippen LogP contribution in [0, 0.1) is 6.92 Å². The average Bonchev–Trinajstić information content (AvgIpc) is 3.19. The van der Waals surface area contributed by atoms with E-state index in [-0.39, 0.29) is 24.8 Å². The SMILES string of the molecule is CCN1CCN(Cc2cc(S(=O)(=O)n3ccc4cc(OC)ccc43)ccc2C)CC1.Cl.Cl. The second-order valence-corrected chi connectivity index (χ2v) is 9.65. The fraction of sp³-hybridized carbons (Fsp3) is 0.391. The zero-order chi connectivity index (χ0) is 21.3. The summed E-state index contributed by atoms with van der Waals surface area (Å²) in [5, 5.41) is 0.832. The number of aromatic nitrogens is 1. The number of hydrogen-bond donors (Lipinski definition) is 0. The van der Waals surface area contributed by atoms with Crippen LogP contribution < -0.4 is 4.74 Å². The molecular formula is C23H31Cl2N3O3S. The molecule has 4 rings (SSSR count). The maximum atomic E-state index is 13.4. The molecule has 1 aliphatic heterocycles. The van der Waals surface area contributed by atoms with Gasteiger partial charge in [-0.3, -0.25) is 4.90 Å². The maximum Gasteiger partial charge on any atom is 0.268 e. The topological polar surface area (TPSA) is 54.8 Å². The number of likely N-dealkylation sites (N-methyl/N-ethyl adjacent to an activating group) is 1. The first kappa shape index (κ1) is 26.5. The Morgan fingerprint density at radius 3 is 2.28 bits per heavy atom. The molecule has 9 heteroatoms. The van der Waals surface area contributed by atoms with E-state index < -0.39 is 10.0 Å². The molecule has 0 N–H and O–H groups in total. The first-order valence-electron chi connectivity index (χ1n) is 10.4. The van der Waals surface area contributed by atoms with Gasteiger partial charge in [-0.05, 0) is 61.0 Å². The highest BCUT2D eigenvalue weighted by Crippen LogP contribution is 2.27. The van der Waals surface area contributed by atoms with Crippen LogP contribution >= 0.6 is 24.8 Å². The zero-order valence-electron chi connectivity index (χ0n) is 18.7. The summed E-state index contributed by atoms with van der Waals surface area (Å²) in [6.45, 7) is 10.2. The van der Waals surface area contributed by atoms with Gasteiger partial charge in [-0.25, -0.2) is 12.4 Å². The lowest BCUT2D eigenvalue weighted by molar-refractivity contribution is 0.131. The zero-order valence-corrected chi connectivity index (χ0v) is 21.1. The summed E-state index contributed by atoms with van der Waals surface area (Å²) in [5.74, 6) is 0.707. The van der Waals surface area contributed by atoms with Crippen molar-refractivity contribution in [2.75, 3.05) is 39.8 Å². The van der Waals surface area contributed by atoms with Crippen LogP contribution in [0.1, 0.15) is 18.1 Å². The Labute approximate surface area is 203 Å². The molecule has 1 saturated heterocycles. The Morgan fingerprint density at radius 1 is 0.938 bits per heavy atom. The van der Waals surface area contributed by atoms with Gasteiger partial charge in [0.15, 0.2) is 0 Å². The molecule has 6 nitrogen and oxygen atoms in total. The van der Waals surface area contributed by atoms with Crippen LogP contribution in [0.4, 0.5) is 0 Å². The third-order valence-corrected chi connectivity index (χ3v) is 7.73. The van der Waals surface area contributed by atoms with Gasteiger partial charge < -0.3 is 9.64 Å². The molecule has 0 radical (unpaired) electrons. The molecule has 0 bridgehead atoms. The summed E-state index contributed by atoms with van der Waals surface area (Å²) >= 11 is 0. The van der Waals surface area contributed by atoms with E-state index in [1.54, 1.807) is 37.6 Å². The van der Waals surface area contributed by atoms with E-state index in [0.29, 0.717) is 16.2 Å². The quantitative estimate of drug-likeness (QED) is 0.509. The van der Waals surface area contributed by atoms with Gasteiger partial charge in [0, 0.05) is 44.3 Å². The average molecular weight is 500 g/mol. The van der Waals surface area contributed by atoms with Crippen molar-refractivity contribution in [1.29, 1.82) is 0 Å². The molecule has 1 fully saturated rings. The minimum absolute atomic E-state index is 0. The van der Waals surface area contributed by atoms with E-state index in [1.165, 1.54) is 3.97 Å². The fourth-order valence-corrected chi connectivity index (χ4v) is 5.43. The van der Waals surface area contributed by atoms with Crippen molar-refractivity contribution in [3.8, 4) is 5.75 Å². The van der Waals surface area contributed by atoms with Crippen molar-refractivity contribution in [2.24, 2.45) is 0 Å². The minimum atomic E-state index is -3.69. The smallest absolute Gasteiger partial charge is 0.268 e. The van der Waals surface area contributed by atoms with Crippen LogP contribution in [-0.2, 0) is 16.6 Å². The maximum absolute atomic E-state index is 13.4. The Morgan fingerprint density at radius 2 is 1.62 bits per heavy atom. The molecule has 3 aromatic rings. The number of hydrogen-bond acceptors (Lipinski definition) is 5. The molecule has 0 atom stereocenters. The van der Waals surface area contributed by atoms with E-state index in [1.807, 2.05) is 25.1 Å². The number of benzene rings is 2. The summed E-state index contributed by atoms with van der Waals surface area (Å²) in [7, 11) is -2.08. The second-order valence-electron chi connectivity index (χ2n) is 7.84. The molecule has 1 aliphatic rings. The van der Waals surface area contributed by atoms with E-state index in [2.05, 4.69) is 16.7 Å². The van der Waals surface area contributed by atoms with Crippen LogP contribution in [-0.4, -0.2) is 62.0 Å². The lowest BCUT2D eigenvalue weighted by atomic mass is 10.1. The summed E-state index contributed by atoms with van der Waals surface area (Å²) in [6, 6.07) is 12.7. The van der Waals surface area contributed by atoms with Crippen molar-refractivity contribution in [3.63, 3.8) is 0 Å². The van der Waals surface area contributed by atoms with Gasteiger partial charge in [0.25, 0.3) is 10.0 Å². The fourth-order valence-electron chi connectivity index (χ4n) is 4.03. The predicted octanol–water partition coefficient (Wildman–Crippen LogP) is 4.18. The Bertz CT molecular complexity index is 1160. The number of methoxy groups -OCH3 is 1. The third-order valence-electron chi connectivity index (χ3n) is 6.05.